The molecular weight excluding hydrogens is 202 g/mol. The highest BCUT2D eigenvalue weighted by Crippen LogP contribution is 2.39. The quantitative estimate of drug-likeness (QED) is 0.765. The number of piperidine rings is 1. The first-order chi connectivity index (χ1) is 7.55. The highest BCUT2D eigenvalue weighted by molar-refractivity contribution is 4.90. The first-order valence-electron chi connectivity index (χ1n) is 6.61. The number of likely N-dealkylation sites (tertiary alicyclic amines) is 1. The third kappa shape index (κ3) is 2.76. The Morgan fingerprint density at radius 3 is 2.12 bits per heavy atom. The molecule has 1 saturated heterocycles. The number of nitrogens with zero attached hydrogens (tertiary/aromatic N) is 1. The van der Waals surface area contributed by atoms with Gasteiger partial charge in [-0.25, -0.2) is 0 Å². The Kier molecular flexibility index (Phi) is 3.57. The summed E-state index contributed by atoms with van der Waals surface area (Å²) in [7, 11) is 0. The highest BCUT2D eigenvalue weighted by atomic mass is 16.3. The van der Waals surface area contributed by atoms with Gasteiger partial charge in [0, 0.05) is 31.7 Å². The average Bonchev–Trinajstić information content (AvgIpc) is 2.71. The maximum absolute atomic E-state index is 9.90. The zero-order valence-corrected chi connectivity index (χ0v) is 10.4. The Hall–Kier alpha value is -0.120. The number of aliphatic hydroxyl groups is 2. The van der Waals surface area contributed by atoms with Crippen LogP contribution in [-0.4, -0.2) is 47.0 Å². The van der Waals surface area contributed by atoms with E-state index in [1.54, 1.807) is 0 Å². The van der Waals surface area contributed by atoms with Crippen molar-refractivity contribution < 1.29 is 10.2 Å². The van der Waals surface area contributed by atoms with Gasteiger partial charge in [-0.05, 0) is 32.6 Å². The summed E-state index contributed by atoms with van der Waals surface area (Å²) < 4.78 is 0. The molecule has 16 heavy (non-hydrogen) atoms. The Labute approximate surface area is 98.5 Å². The van der Waals surface area contributed by atoms with E-state index in [-0.39, 0.29) is 5.41 Å². The van der Waals surface area contributed by atoms with Crippen LogP contribution in [0.15, 0.2) is 0 Å². The molecule has 94 valence electrons. The van der Waals surface area contributed by atoms with E-state index in [9.17, 15) is 10.2 Å². The molecule has 0 atom stereocenters. The van der Waals surface area contributed by atoms with E-state index in [4.69, 9.17) is 0 Å². The third-order valence-electron chi connectivity index (χ3n) is 4.49. The van der Waals surface area contributed by atoms with Crippen LogP contribution in [0.3, 0.4) is 0 Å². The second-order valence-corrected chi connectivity index (χ2v) is 6.14. The second kappa shape index (κ2) is 4.63. The van der Waals surface area contributed by atoms with E-state index >= 15 is 0 Å². The molecule has 3 nitrogen and oxygen atoms in total. The zero-order chi connectivity index (χ0) is 11.6. The average molecular weight is 227 g/mol. The van der Waals surface area contributed by atoms with Gasteiger partial charge in [0.25, 0.3) is 0 Å². The standard InChI is InChI=1S/C13H25NO2/c1-12(16)6-8-14(9-7-12)10-13(11-15)4-2-3-5-13/h15-16H,2-11H2,1H3. The molecule has 2 rings (SSSR count). The monoisotopic (exact) mass is 227 g/mol. The van der Waals surface area contributed by atoms with Crippen molar-refractivity contribution in [3.63, 3.8) is 0 Å². The summed E-state index contributed by atoms with van der Waals surface area (Å²) >= 11 is 0. The summed E-state index contributed by atoms with van der Waals surface area (Å²) in [5.74, 6) is 0. The van der Waals surface area contributed by atoms with Gasteiger partial charge in [-0.2, -0.15) is 0 Å². The fraction of sp³-hybridized carbons (Fsp3) is 1.00. The number of aliphatic hydroxyl groups excluding tert-OH is 1. The zero-order valence-electron chi connectivity index (χ0n) is 10.4. The fourth-order valence-electron chi connectivity index (χ4n) is 3.16. The molecule has 0 amide bonds. The SMILES string of the molecule is CC1(O)CCN(CC2(CO)CCCC2)CC1. The molecule has 0 aromatic carbocycles. The normalized spacial score (nSPS) is 29.4. The van der Waals surface area contributed by atoms with Crippen molar-refractivity contribution in [2.45, 2.75) is 51.0 Å². The Bertz CT molecular complexity index is 224. The number of hydrogen-bond acceptors (Lipinski definition) is 3. The summed E-state index contributed by atoms with van der Waals surface area (Å²) in [4.78, 5) is 2.43. The minimum absolute atomic E-state index is 0.170. The Balaban J connectivity index is 1.86. The van der Waals surface area contributed by atoms with Crippen LogP contribution >= 0.6 is 0 Å². The minimum Gasteiger partial charge on any atom is -0.396 e. The Morgan fingerprint density at radius 2 is 1.62 bits per heavy atom. The van der Waals surface area contributed by atoms with Gasteiger partial charge < -0.3 is 15.1 Å². The van der Waals surface area contributed by atoms with Crippen LogP contribution in [0.1, 0.15) is 45.4 Å². The van der Waals surface area contributed by atoms with Crippen molar-refractivity contribution in [2.24, 2.45) is 5.41 Å². The predicted octanol–water partition coefficient (Wildman–Crippen LogP) is 1.39. The fourth-order valence-corrected chi connectivity index (χ4v) is 3.16. The predicted molar refractivity (Wildman–Crippen MR) is 64.3 cm³/mol. The molecule has 1 aliphatic heterocycles. The molecule has 2 N–H and O–H groups in total. The summed E-state index contributed by atoms with van der Waals surface area (Å²) in [6.45, 7) is 5.25. The van der Waals surface area contributed by atoms with Crippen LogP contribution in [0.4, 0.5) is 0 Å². The lowest BCUT2D eigenvalue weighted by atomic mass is 9.85. The van der Waals surface area contributed by atoms with E-state index < -0.39 is 5.60 Å². The van der Waals surface area contributed by atoms with Gasteiger partial charge in [0.2, 0.25) is 0 Å². The molecule has 0 bridgehead atoms. The van der Waals surface area contributed by atoms with Crippen LogP contribution < -0.4 is 0 Å². The van der Waals surface area contributed by atoms with Crippen molar-refractivity contribution >= 4 is 0 Å². The molecule has 3 heteroatoms. The van der Waals surface area contributed by atoms with Gasteiger partial charge in [0.15, 0.2) is 0 Å². The summed E-state index contributed by atoms with van der Waals surface area (Å²) in [5, 5.41) is 19.5. The first-order valence-corrected chi connectivity index (χ1v) is 6.61. The molecule has 2 fully saturated rings. The molecule has 0 spiro atoms. The molecular formula is C13H25NO2. The lowest BCUT2D eigenvalue weighted by molar-refractivity contribution is -0.0216. The third-order valence-corrected chi connectivity index (χ3v) is 4.49. The minimum atomic E-state index is -0.460. The Morgan fingerprint density at radius 1 is 1.06 bits per heavy atom. The van der Waals surface area contributed by atoms with Gasteiger partial charge in [0.05, 0.1) is 5.60 Å². The first kappa shape index (κ1) is 12.3. The van der Waals surface area contributed by atoms with Crippen LogP contribution in [0.2, 0.25) is 0 Å². The van der Waals surface area contributed by atoms with Crippen molar-refractivity contribution in [1.82, 2.24) is 4.90 Å². The van der Waals surface area contributed by atoms with Crippen molar-refractivity contribution in [1.29, 1.82) is 0 Å². The molecule has 0 radical (unpaired) electrons. The molecule has 0 aromatic heterocycles. The molecule has 0 aromatic rings. The molecule has 1 heterocycles. The van der Waals surface area contributed by atoms with E-state index in [0.29, 0.717) is 6.61 Å². The molecule has 2 aliphatic rings. The second-order valence-electron chi connectivity index (χ2n) is 6.14. The van der Waals surface area contributed by atoms with Crippen molar-refractivity contribution in [3.05, 3.63) is 0 Å². The maximum Gasteiger partial charge on any atom is 0.0644 e. The number of rotatable bonds is 3. The topological polar surface area (TPSA) is 43.7 Å². The van der Waals surface area contributed by atoms with Gasteiger partial charge in [-0.15, -0.1) is 0 Å². The van der Waals surface area contributed by atoms with Crippen LogP contribution in [0, 0.1) is 5.41 Å². The van der Waals surface area contributed by atoms with Crippen molar-refractivity contribution in [2.75, 3.05) is 26.2 Å². The lowest BCUT2D eigenvalue weighted by Crippen LogP contribution is -2.47. The summed E-state index contributed by atoms with van der Waals surface area (Å²) in [6.07, 6.45) is 6.63. The summed E-state index contributed by atoms with van der Waals surface area (Å²) in [5.41, 5.74) is -0.290. The molecule has 1 saturated carbocycles. The van der Waals surface area contributed by atoms with Gasteiger partial charge in [0.1, 0.15) is 0 Å². The highest BCUT2D eigenvalue weighted by Gasteiger charge is 2.37. The van der Waals surface area contributed by atoms with Gasteiger partial charge in [-0.1, -0.05) is 12.8 Å². The van der Waals surface area contributed by atoms with E-state index in [0.717, 1.165) is 32.5 Å². The van der Waals surface area contributed by atoms with Crippen LogP contribution in [0.25, 0.3) is 0 Å². The number of hydrogen-bond donors (Lipinski definition) is 2. The van der Waals surface area contributed by atoms with Crippen LogP contribution in [0.5, 0.6) is 0 Å². The van der Waals surface area contributed by atoms with Crippen LogP contribution in [-0.2, 0) is 0 Å². The molecule has 1 aliphatic carbocycles. The van der Waals surface area contributed by atoms with Crippen molar-refractivity contribution in [3.8, 4) is 0 Å². The lowest BCUT2D eigenvalue weighted by Gasteiger charge is -2.40. The van der Waals surface area contributed by atoms with E-state index in [1.165, 1.54) is 25.7 Å². The van der Waals surface area contributed by atoms with E-state index in [1.807, 2.05) is 6.92 Å². The smallest absolute Gasteiger partial charge is 0.0644 e. The molecule has 0 unspecified atom stereocenters. The van der Waals surface area contributed by atoms with Gasteiger partial charge >= 0.3 is 0 Å². The maximum atomic E-state index is 9.90. The summed E-state index contributed by atoms with van der Waals surface area (Å²) in [6, 6.07) is 0. The van der Waals surface area contributed by atoms with E-state index in [2.05, 4.69) is 4.90 Å². The van der Waals surface area contributed by atoms with Gasteiger partial charge in [-0.3, -0.25) is 0 Å². The largest absolute Gasteiger partial charge is 0.396 e.